The van der Waals surface area contributed by atoms with Gasteiger partial charge in [-0.15, -0.1) is 0 Å². The molecule has 1 aliphatic heterocycles. The van der Waals surface area contributed by atoms with Gasteiger partial charge in [-0.2, -0.15) is 0 Å². The third-order valence-electron chi connectivity index (χ3n) is 5.28. The number of hydrogen-bond donors (Lipinski definition) is 1. The second kappa shape index (κ2) is 7.77. The number of carbonyl (C=O) groups is 1. The number of aromatic nitrogens is 1. The van der Waals surface area contributed by atoms with Crippen LogP contribution < -0.4 is 4.90 Å². The van der Waals surface area contributed by atoms with Gasteiger partial charge in [0.05, 0.1) is 0 Å². The van der Waals surface area contributed by atoms with E-state index in [2.05, 4.69) is 52.5 Å². The van der Waals surface area contributed by atoms with Crippen LogP contribution in [0.15, 0.2) is 66.9 Å². The van der Waals surface area contributed by atoms with Crippen LogP contribution in [0.25, 0.3) is 22.6 Å². The Morgan fingerprint density at radius 3 is 2.61 bits per heavy atom. The lowest BCUT2D eigenvalue weighted by atomic mass is 9.99. The summed E-state index contributed by atoms with van der Waals surface area (Å²) in [6, 6.07) is 16.5. The van der Waals surface area contributed by atoms with Crippen LogP contribution >= 0.6 is 0 Å². The maximum atomic E-state index is 12.5. The van der Waals surface area contributed by atoms with Crippen LogP contribution in [0.5, 0.6) is 0 Å². The number of nitrogens with one attached hydrogen (secondary N) is 1. The minimum absolute atomic E-state index is 0.0610. The fourth-order valence-corrected chi connectivity index (χ4v) is 3.61. The first kappa shape index (κ1) is 18.1. The Morgan fingerprint density at radius 1 is 1.11 bits per heavy atom. The van der Waals surface area contributed by atoms with Gasteiger partial charge in [0.15, 0.2) is 0 Å². The van der Waals surface area contributed by atoms with Crippen LogP contribution in [-0.4, -0.2) is 43.0 Å². The number of hydrogen-bond acceptors (Lipinski definition) is 2. The first-order valence-electron chi connectivity index (χ1n) is 9.62. The van der Waals surface area contributed by atoms with Crippen LogP contribution in [-0.2, 0) is 4.79 Å². The van der Waals surface area contributed by atoms with Gasteiger partial charge in [-0.1, -0.05) is 36.4 Å². The molecule has 4 heteroatoms. The quantitative estimate of drug-likeness (QED) is 0.683. The van der Waals surface area contributed by atoms with Crippen LogP contribution in [0.1, 0.15) is 17.5 Å². The molecule has 2 heterocycles. The Labute approximate surface area is 165 Å². The standard InChI is InChI=1S/C24H25N3O/c1-26(2)20-10-7-18(8-11-20)9-12-24(28)27-15-13-19(14-16-27)22-17-25-23-6-4-3-5-21(22)23/h3-13,17,25H,14-16H2,1-2H3/b12-9+. The zero-order chi connectivity index (χ0) is 19.5. The number of rotatable bonds is 4. The molecule has 0 bridgehead atoms. The highest BCUT2D eigenvalue weighted by Crippen LogP contribution is 2.29. The second-order valence-corrected chi connectivity index (χ2v) is 7.33. The number of amides is 1. The zero-order valence-electron chi connectivity index (χ0n) is 16.4. The summed E-state index contributed by atoms with van der Waals surface area (Å²) >= 11 is 0. The average molecular weight is 371 g/mol. The summed E-state index contributed by atoms with van der Waals surface area (Å²) in [6.45, 7) is 1.39. The van der Waals surface area contributed by atoms with Gasteiger partial charge in [0.25, 0.3) is 0 Å². The maximum Gasteiger partial charge on any atom is 0.246 e. The van der Waals surface area contributed by atoms with E-state index in [1.165, 1.54) is 16.5 Å². The summed E-state index contributed by atoms with van der Waals surface area (Å²) in [6.07, 6.45) is 8.69. The SMILES string of the molecule is CN(C)c1ccc(/C=C/C(=O)N2CC=C(c3c[nH]c4ccccc34)CC2)cc1. The highest BCUT2D eigenvalue weighted by Gasteiger charge is 2.17. The molecule has 0 aliphatic carbocycles. The van der Waals surface area contributed by atoms with E-state index in [4.69, 9.17) is 0 Å². The Balaban J connectivity index is 1.42. The third-order valence-corrected chi connectivity index (χ3v) is 5.28. The number of benzene rings is 2. The molecule has 0 radical (unpaired) electrons. The number of carbonyl (C=O) groups excluding carboxylic acids is 1. The molecule has 2 aromatic carbocycles. The van der Waals surface area contributed by atoms with E-state index in [1.807, 2.05) is 43.3 Å². The topological polar surface area (TPSA) is 39.3 Å². The Kier molecular flexibility index (Phi) is 5.02. The molecule has 0 unspecified atom stereocenters. The van der Waals surface area contributed by atoms with Crippen LogP contribution in [0.4, 0.5) is 5.69 Å². The first-order chi connectivity index (χ1) is 13.6. The van der Waals surface area contributed by atoms with E-state index in [1.54, 1.807) is 6.08 Å². The average Bonchev–Trinajstić information content (AvgIpc) is 3.16. The van der Waals surface area contributed by atoms with Gasteiger partial charge >= 0.3 is 0 Å². The van der Waals surface area contributed by atoms with Gasteiger partial charge in [-0.05, 0) is 41.8 Å². The monoisotopic (exact) mass is 371 g/mol. The van der Waals surface area contributed by atoms with Gasteiger partial charge in [-0.25, -0.2) is 0 Å². The third kappa shape index (κ3) is 3.72. The summed E-state index contributed by atoms with van der Waals surface area (Å²) in [7, 11) is 4.03. The largest absolute Gasteiger partial charge is 0.378 e. The minimum atomic E-state index is 0.0610. The molecule has 1 amide bonds. The molecule has 0 saturated carbocycles. The molecular weight excluding hydrogens is 346 g/mol. The first-order valence-corrected chi connectivity index (χ1v) is 9.62. The van der Waals surface area contributed by atoms with Crippen LogP contribution in [0.2, 0.25) is 0 Å². The lowest BCUT2D eigenvalue weighted by Crippen LogP contribution is -2.33. The van der Waals surface area contributed by atoms with E-state index >= 15 is 0 Å². The van der Waals surface area contributed by atoms with Crippen molar-refractivity contribution in [3.8, 4) is 0 Å². The van der Waals surface area contributed by atoms with Crippen molar-refractivity contribution in [1.29, 1.82) is 0 Å². The molecule has 0 spiro atoms. The van der Waals surface area contributed by atoms with Crippen molar-refractivity contribution in [1.82, 2.24) is 9.88 Å². The Morgan fingerprint density at radius 2 is 1.89 bits per heavy atom. The molecular formula is C24H25N3O. The van der Waals surface area contributed by atoms with Crippen molar-refractivity contribution in [3.63, 3.8) is 0 Å². The van der Waals surface area contributed by atoms with Gasteiger partial charge in [0.1, 0.15) is 0 Å². The molecule has 0 saturated heterocycles. The summed E-state index contributed by atoms with van der Waals surface area (Å²) < 4.78 is 0. The fourth-order valence-electron chi connectivity index (χ4n) is 3.61. The number of anilines is 1. The molecule has 4 nitrogen and oxygen atoms in total. The molecule has 3 aromatic rings. The van der Waals surface area contributed by atoms with Gasteiger partial charge in [0, 0.05) is 61.6 Å². The smallest absolute Gasteiger partial charge is 0.246 e. The van der Waals surface area contributed by atoms with Gasteiger partial charge in [-0.3, -0.25) is 4.79 Å². The molecule has 28 heavy (non-hydrogen) atoms. The molecule has 4 rings (SSSR count). The second-order valence-electron chi connectivity index (χ2n) is 7.33. The van der Waals surface area contributed by atoms with E-state index < -0.39 is 0 Å². The van der Waals surface area contributed by atoms with Crippen LogP contribution in [0.3, 0.4) is 0 Å². The Hall–Kier alpha value is -3.27. The predicted octanol–water partition coefficient (Wildman–Crippen LogP) is 4.56. The molecule has 1 aliphatic rings. The van der Waals surface area contributed by atoms with E-state index in [9.17, 15) is 4.79 Å². The number of fused-ring (bicyclic) bond motifs is 1. The van der Waals surface area contributed by atoms with Crippen LogP contribution in [0, 0.1) is 0 Å². The normalized spacial score (nSPS) is 14.5. The van der Waals surface area contributed by atoms with Gasteiger partial charge < -0.3 is 14.8 Å². The summed E-state index contributed by atoms with van der Waals surface area (Å²) in [5.74, 6) is 0.0610. The summed E-state index contributed by atoms with van der Waals surface area (Å²) in [5.41, 5.74) is 5.89. The lowest BCUT2D eigenvalue weighted by molar-refractivity contribution is -0.125. The van der Waals surface area contributed by atoms with Crippen molar-refractivity contribution < 1.29 is 4.79 Å². The molecule has 142 valence electrons. The molecule has 1 N–H and O–H groups in total. The fraction of sp³-hybridized carbons (Fsp3) is 0.208. The number of nitrogens with zero attached hydrogens (tertiary/aromatic N) is 2. The Bertz CT molecular complexity index is 1040. The highest BCUT2D eigenvalue weighted by molar-refractivity contribution is 5.95. The van der Waals surface area contributed by atoms with Crippen molar-refractivity contribution in [2.24, 2.45) is 0 Å². The van der Waals surface area contributed by atoms with Crippen molar-refractivity contribution in [3.05, 3.63) is 78.0 Å². The lowest BCUT2D eigenvalue weighted by Gasteiger charge is -2.25. The number of H-pyrrole nitrogens is 1. The predicted molar refractivity (Wildman–Crippen MR) is 117 cm³/mol. The summed E-state index contributed by atoms with van der Waals surface area (Å²) in [5, 5.41) is 1.24. The van der Waals surface area contributed by atoms with E-state index in [0.29, 0.717) is 6.54 Å². The number of aromatic amines is 1. The minimum Gasteiger partial charge on any atom is -0.378 e. The zero-order valence-corrected chi connectivity index (χ0v) is 16.4. The van der Waals surface area contributed by atoms with Crippen molar-refractivity contribution in [2.45, 2.75) is 6.42 Å². The van der Waals surface area contributed by atoms with E-state index in [0.717, 1.165) is 29.7 Å². The van der Waals surface area contributed by atoms with Crippen molar-refractivity contribution >= 4 is 34.1 Å². The summed E-state index contributed by atoms with van der Waals surface area (Å²) in [4.78, 5) is 19.8. The van der Waals surface area contributed by atoms with Gasteiger partial charge in [0.2, 0.25) is 5.91 Å². The highest BCUT2D eigenvalue weighted by atomic mass is 16.2. The van der Waals surface area contributed by atoms with Crippen molar-refractivity contribution in [2.75, 3.05) is 32.1 Å². The maximum absolute atomic E-state index is 12.5. The van der Waals surface area contributed by atoms with E-state index in [-0.39, 0.29) is 5.91 Å². The molecule has 0 fully saturated rings. The molecule has 0 atom stereocenters. The number of para-hydroxylation sites is 1. The molecule has 1 aromatic heterocycles.